The second-order valence-corrected chi connectivity index (χ2v) is 2.74. The summed E-state index contributed by atoms with van der Waals surface area (Å²) in [6.07, 6.45) is 3.86. The Hall–Kier alpha value is -1.58. The molecule has 0 aliphatic carbocycles. The molecule has 1 heterocycles. The van der Waals surface area contributed by atoms with E-state index in [9.17, 15) is 9.59 Å². The number of nitrogens with zero attached hydrogens (tertiary/aromatic N) is 1. The molecule has 1 aliphatic rings. The summed E-state index contributed by atoms with van der Waals surface area (Å²) in [5, 5.41) is 8.77. The minimum absolute atomic E-state index is 0.0116. The summed E-state index contributed by atoms with van der Waals surface area (Å²) in [4.78, 5) is 23.2. The van der Waals surface area contributed by atoms with E-state index in [1.807, 2.05) is 0 Å². The van der Waals surface area contributed by atoms with Gasteiger partial charge in [0.15, 0.2) is 0 Å². The van der Waals surface area contributed by atoms with Gasteiger partial charge in [0.2, 0.25) is 5.91 Å². The largest absolute Gasteiger partial charge is 0.477 e. The molecule has 1 saturated heterocycles. The Bertz CT molecular complexity index is 281. The maximum absolute atomic E-state index is 11.2. The molecule has 1 N–H and O–H groups in total. The van der Waals surface area contributed by atoms with Crippen molar-refractivity contribution in [3.8, 4) is 0 Å². The quantitative estimate of drug-likeness (QED) is 0.516. The molecule has 0 spiro atoms. The number of carboxylic acids is 1. The number of carbonyl (C=O) groups is 2. The van der Waals surface area contributed by atoms with Crippen molar-refractivity contribution in [1.29, 1.82) is 0 Å². The van der Waals surface area contributed by atoms with Gasteiger partial charge in [0, 0.05) is 13.0 Å². The molecule has 70 valence electrons. The van der Waals surface area contributed by atoms with Crippen molar-refractivity contribution in [2.45, 2.75) is 12.8 Å². The number of allylic oxidation sites excluding steroid dienone is 2. The Morgan fingerprint density at radius 2 is 2.31 bits per heavy atom. The highest BCUT2D eigenvalue weighted by molar-refractivity contribution is 5.93. The minimum atomic E-state index is -1.09. The fraction of sp³-hybridized carbons (Fsp3) is 0.333. The molecule has 0 unspecified atom stereocenters. The van der Waals surface area contributed by atoms with E-state index in [0.29, 0.717) is 13.0 Å². The van der Waals surface area contributed by atoms with E-state index in [1.165, 1.54) is 17.1 Å². The molecule has 0 atom stereocenters. The average Bonchev–Trinajstić information content (AvgIpc) is 2.47. The monoisotopic (exact) mass is 181 g/mol. The molecule has 0 saturated carbocycles. The van der Waals surface area contributed by atoms with Crippen LogP contribution in [0, 0.1) is 0 Å². The molecule has 0 aromatic rings. The van der Waals surface area contributed by atoms with Crippen molar-refractivity contribution in [1.82, 2.24) is 4.90 Å². The zero-order valence-corrected chi connectivity index (χ0v) is 7.19. The molecule has 0 aromatic heterocycles. The molecule has 1 rings (SSSR count). The summed E-state index contributed by atoms with van der Waals surface area (Å²) >= 11 is 0. The van der Waals surface area contributed by atoms with Crippen LogP contribution in [0.15, 0.2) is 24.4 Å². The van der Waals surface area contributed by atoms with Crippen LogP contribution in [-0.2, 0) is 9.59 Å². The third-order valence-electron chi connectivity index (χ3n) is 1.86. The fourth-order valence-corrected chi connectivity index (χ4v) is 1.29. The highest BCUT2D eigenvalue weighted by atomic mass is 16.4. The van der Waals surface area contributed by atoms with Crippen molar-refractivity contribution in [3.63, 3.8) is 0 Å². The number of carboxylic acid groups (broad SMARTS) is 1. The van der Waals surface area contributed by atoms with E-state index in [-0.39, 0.29) is 11.6 Å². The van der Waals surface area contributed by atoms with Gasteiger partial charge in [-0.25, -0.2) is 4.79 Å². The number of rotatable bonds is 3. The van der Waals surface area contributed by atoms with Crippen LogP contribution < -0.4 is 0 Å². The maximum atomic E-state index is 11.2. The Labute approximate surface area is 76.2 Å². The van der Waals surface area contributed by atoms with Crippen LogP contribution in [-0.4, -0.2) is 28.4 Å². The lowest BCUT2D eigenvalue weighted by Gasteiger charge is -2.15. The SMILES string of the molecule is C=CC=C(C(=O)O)N1CCCC1=O. The van der Waals surface area contributed by atoms with Gasteiger partial charge in [-0.05, 0) is 12.5 Å². The van der Waals surface area contributed by atoms with E-state index >= 15 is 0 Å². The highest BCUT2D eigenvalue weighted by Crippen LogP contribution is 2.16. The van der Waals surface area contributed by atoms with Gasteiger partial charge < -0.3 is 10.0 Å². The Kier molecular flexibility index (Phi) is 2.84. The number of hydrogen-bond donors (Lipinski definition) is 1. The van der Waals surface area contributed by atoms with Crippen molar-refractivity contribution < 1.29 is 14.7 Å². The van der Waals surface area contributed by atoms with Crippen LogP contribution in [0.1, 0.15) is 12.8 Å². The molecular formula is C9H11NO3. The van der Waals surface area contributed by atoms with Crippen molar-refractivity contribution >= 4 is 11.9 Å². The van der Waals surface area contributed by atoms with Crippen LogP contribution in [0.5, 0.6) is 0 Å². The minimum Gasteiger partial charge on any atom is -0.477 e. The van der Waals surface area contributed by atoms with Crippen LogP contribution in [0.2, 0.25) is 0 Å². The van der Waals surface area contributed by atoms with E-state index in [1.54, 1.807) is 0 Å². The maximum Gasteiger partial charge on any atom is 0.352 e. The Morgan fingerprint density at radius 3 is 2.69 bits per heavy atom. The van der Waals surface area contributed by atoms with Gasteiger partial charge in [0.05, 0.1) is 0 Å². The van der Waals surface area contributed by atoms with Crippen LogP contribution in [0.25, 0.3) is 0 Å². The number of hydrogen-bond acceptors (Lipinski definition) is 2. The molecule has 1 aliphatic heterocycles. The lowest BCUT2D eigenvalue weighted by atomic mass is 10.3. The second kappa shape index (κ2) is 3.89. The molecule has 1 fully saturated rings. The normalized spacial score (nSPS) is 17.7. The first kappa shape index (κ1) is 9.51. The van der Waals surface area contributed by atoms with E-state index < -0.39 is 5.97 Å². The van der Waals surface area contributed by atoms with Crippen molar-refractivity contribution in [2.75, 3.05) is 6.54 Å². The molecule has 0 radical (unpaired) electrons. The number of amides is 1. The average molecular weight is 181 g/mol. The predicted molar refractivity (Wildman–Crippen MR) is 46.9 cm³/mol. The van der Waals surface area contributed by atoms with Crippen LogP contribution in [0.4, 0.5) is 0 Å². The predicted octanol–water partition coefficient (Wildman–Crippen LogP) is 0.763. The molecular weight excluding hydrogens is 170 g/mol. The first-order chi connectivity index (χ1) is 6.16. The van der Waals surface area contributed by atoms with Gasteiger partial charge in [0.25, 0.3) is 0 Å². The first-order valence-electron chi connectivity index (χ1n) is 4.03. The fourth-order valence-electron chi connectivity index (χ4n) is 1.29. The van der Waals surface area contributed by atoms with Gasteiger partial charge in [-0.2, -0.15) is 0 Å². The van der Waals surface area contributed by atoms with Crippen LogP contribution >= 0.6 is 0 Å². The molecule has 1 amide bonds. The Balaban J connectivity index is 2.87. The smallest absolute Gasteiger partial charge is 0.352 e. The lowest BCUT2D eigenvalue weighted by Crippen LogP contribution is -2.28. The summed E-state index contributed by atoms with van der Waals surface area (Å²) in [6, 6.07) is 0. The van der Waals surface area contributed by atoms with Gasteiger partial charge in [-0.3, -0.25) is 4.79 Å². The Morgan fingerprint density at radius 1 is 1.62 bits per heavy atom. The van der Waals surface area contributed by atoms with Crippen molar-refractivity contribution in [2.24, 2.45) is 0 Å². The third kappa shape index (κ3) is 1.96. The zero-order valence-electron chi connectivity index (χ0n) is 7.19. The molecule has 0 bridgehead atoms. The molecule has 13 heavy (non-hydrogen) atoms. The summed E-state index contributed by atoms with van der Waals surface area (Å²) in [5.41, 5.74) is 0.0116. The summed E-state index contributed by atoms with van der Waals surface area (Å²) < 4.78 is 0. The standard InChI is InChI=1S/C9H11NO3/c1-2-4-7(9(12)13)10-6-3-5-8(10)11/h2,4H,1,3,5-6H2,(H,12,13). The first-order valence-corrected chi connectivity index (χ1v) is 4.03. The van der Waals surface area contributed by atoms with Gasteiger partial charge in [0.1, 0.15) is 5.70 Å². The van der Waals surface area contributed by atoms with Crippen LogP contribution in [0.3, 0.4) is 0 Å². The van der Waals surface area contributed by atoms with E-state index in [2.05, 4.69) is 6.58 Å². The van der Waals surface area contributed by atoms with E-state index in [4.69, 9.17) is 5.11 Å². The number of aliphatic carboxylic acids is 1. The second-order valence-electron chi connectivity index (χ2n) is 2.74. The van der Waals surface area contributed by atoms with Gasteiger partial charge in [-0.1, -0.05) is 12.7 Å². The van der Waals surface area contributed by atoms with Crippen molar-refractivity contribution in [3.05, 3.63) is 24.4 Å². The molecule has 0 aromatic carbocycles. The number of likely N-dealkylation sites (tertiary alicyclic amines) is 1. The summed E-state index contributed by atoms with van der Waals surface area (Å²) in [6.45, 7) is 3.89. The summed E-state index contributed by atoms with van der Waals surface area (Å²) in [7, 11) is 0. The number of carbonyl (C=O) groups excluding carboxylic acids is 1. The molecule has 4 nitrogen and oxygen atoms in total. The topological polar surface area (TPSA) is 57.6 Å². The van der Waals surface area contributed by atoms with Gasteiger partial charge in [-0.15, -0.1) is 0 Å². The zero-order chi connectivity index (χ0) is 9.84. The third-order valence-corrected chi connectivity index (χ3v) is 1.86. The van der Waals surface area contributed by atoms with Gasteiger partial charge >= 0.3 is 5.97 Å². The lowest BCUT2D eigenvalue weighted by molar-refractivity contribution is -0.138. The molecule has 4 heteroatoms. The summed E-state index contributed by atoms with van der Waals surface area (Å²) in [5.74, 6) is -1.22. The van der Waals surface area contributed by atoms with E-state index in [0.717, 1.165) is 6.42 Å². The highest BCUT2D eigenvalue weighted by Gasteiger charge is 2.26.